The van der Waals surface area contributed by atoms with Crippen LogP contribution < -0.4 is 15.4 Å². The van der Waals surface area contributed by atoms with E-state index < -0.39 is 5.82 Å². The fraction of sp³-hybridized carbons (Fsp3) is 0.333. The number of para-hydroxylation sites is 2. The number of hydrogen-bond donors (Lipinski definition) is 2. The summed E-state index contributed by atoms with van der Waals surface area (Å²) in [7, 11) is 0. The number of carbonyl (C=O) groups excluding carboxylic acids is 1. The lowest BCUT2D eigenvalue weighted by atomic mass is 10.2. The van der Waals surface area contributed by atoms with Crippen molar-refractivity contribution < 1.29 is 18.7 Å². The molecule has 2 aromatic rings. The average molecular weight is 385 g/mol. The fourth-order valence-electron chi connectivity index (χ4n) is 2.85. The Morgan fingerprint density at radius 2 is 2.04 bits per heavy atom. The summed E-state index contributed by atoms with van der Waals surface area (Å²) in [6, 6.07) is 12.8. The maximum Gasteiger partial charge on any atom is 0.257 e. The van der Waals surface area contributed by atoms with E-state index in [1.54, 1.807) is 0 Å². The summed E-state index contributed by atoms with van der Waals surface area (Å²) < 4.78 is 24.3. The largest absolute Gasteiger partial charge is 0.492 e. The zero-order valence-corrected chi connectivity index (χ0v) is 15.8. The highest BCUT2D eigenvalue weighted by Crippen LogP contribution is 2.23. The molecule has 0 aliphatic carbocycles. The molecular formula is C21H24FN3O3. The Labute approximate surface area is 163 Å². The number of ether oxygens (including phenoxy) is 2. The van der Waals surface area contributed by atoms with Crippen molar-refractivity contribution in [1.29, 1.82) is 0 Å². The molecule has 1 heterocycles. The van der Waals surface area contributed by atoms with Crippen LogP contribution in [0.25, 0.3) is 0 Å². The summed E-state index contributed by atoms with van der Waals surface area (Å²) in [5, 5.41) is 5.89. The van der Waals surface area contributed by atoms with Gasteiger partial charge in [0, 0.05) is 12.2 Å². The molecule has 28 heavy (non-hydrogen) atoms. The molecule has 0 bridgehead atoms. The van der Waals surface area contributed by atoms with E-state index in [4.69, 9.17) is 9.47 Å². The van der Waals surface area contributed by atoms with Crippen molar-refractivity contribution in [1.82, 2.24) is 5.32 Å². The topological polar surface area (TPSA) is 71.9 Å². The molecule has 6 nitrogen and oxygen atoms in total. The monoisotopic (exact) mass is 385 g/mol. The second-order valence-corrected chi connectivity index (χ2v) is 6.34. The van der Waals surface area contributed by atoms with Crippen molar-refractivity contribution in [3.63, 3.8) is 0 Å². The van der Waals surface area contributed by atoms with E-state index in [1.165, 1.54) is 24.3 Å². The Morgan fingerprint density at radius 3 is 2.75 bits per heavy atom. The molecule has 1 atom stereocenters. The normalized spacial score (nSPS) is 16.6. The van der Waals surface area contributed by atoms with Gasteiger partial charge >= 0.3 is 0 Å². The van der Waals surface area contributed by atoms with E-state index in [1.807, 2.05) is 31.2 Å². The van der Waals surface area contributed by atoms with Gasteiger partial charge in [-0.2, -0.15) is 0 Å². The van der Waals surface area contributed by atoms with Gasteiger partial charge in [0.2, 0.25) is 5.96 Å². The number of carbonyl (C=O) groups is 1. The SMILES string of the molecule is CCOc1ccccc1NC(=NCC1CCCO1)NC(=O)c1ccc(F)cc1. The van der Waals surface area contributed by atoms with Gasteiger partial charge in [0.25, 0.3) is 5.91 Å². The summed E-state index contributed by atoms with van der Waals surface area (Å²) in [6.45, 7) is 3.59. The van der Waals surface area contributed by atoms with E-state index in [2.05, 4.69) is 15.6 Å². The van der Waals surface area contributed by atoms with Crippen LogP contribution in [0.3, 0.4) is 0 Å². The Morgan fingerprint density at radius 1 is 1.25 bits per heavy atom. The van der Waals surface area contributed by atoms with Gasteiger partial charge in [-0.05, 0) is 56.2 Å². The zero-order chi connectivity index (χ0) is 19.8. The molecule has 1 amide bonds. The smallest absolute Gasteiger partial charge is 0.257 e. The summed E-state index contributed by atoms with van der Waals surface area (Å²) in [6.07, 6.45) is 2.00. The van der Waals surface area contributed by atoms with E-state index >= 15 is 0 Å². The minimum atomic E-state index is -0.396. The maximum absolute atomic E-state index is 13.1. The van der Waals surface area contributed by atoms with Crippen LogP contribution in [0.15, 0.2) is 53.5 Å². The maximum atomic E-state index is 13.1. The quantitative estimate of drug-likeness (QED) is 0.589. The molecule has 1 saturated heterocycles. The second kappa shape index (κ2) is 9.85. The number of halogens is 1. The Balaban J connectivity index is 1.77. The van der Waals surface area contributed by atoms with Crippen LogP contribution in [-0.2, 0) is 4.74 Å². The van der Waals surface area contributed by atoms with Crippen molar-refractivity contribution in [3.05, 3.63) is 59.9 Å². The van der Waals surface area contributed by atoms with Crippen LogP contribution in [-0.4, -0.2) is 37.7 Å². The van der Waals surface area contributed by atoms with E-state index in [0.717, 1.165) is 19.4 Å². The van der Waals surface area contributed by atoms with Crippen LogP contribution in [0.5, 0.6) is 5.75 Å². The minimum absolute atomic E-state index is 0.0432. The van der Waals surface area contributed by atoms with Gasteiger partial charge in [-0.3, -0.25) is 10.1 Å². The van der Waals surface area contributed by atoms with Crippen LogP contribution in [0, 0.1) is 5.82 Å². The van der Waals surface area contributed by atoms with E-state index in [9.17, 15) is 9.18 Å². The van der Waals surface area contributed by atoms with Gasteiger partial charge in [0.15, 0.2) is 0 Å². The molecule has 2 N–H and O–H groups in total. The number of nitrogens with one attached hydrogen (secondary N) is 2. The van der Waals surface area contributed by atoms with E-state index in [-0.39, 0.29) is 18.0 Å². The Bertz CT molecular complexity index is 818. The molecule has 1 fully saturated rings. The van der Waals surface area contributed by atoms with Gasteiger partial charge in [0.1, 0.15) is 11.6 Å². The number of aliphatic imine (C=N–C) groups is 1. The highest BCUT2D eigenvalue weighted by Gasteiger charge is 2.16. The molecule has 0 aromatic heterocycles. The fourth-order valence-corrected chi connectivity index (χ4v) is 2.85. The highest BCUT2D eigenvalue weighted by atomic mass is 19.1. The molecule has 3 rings (SSSR count). The third kappa shape index (κ3) is 5.53. The lowest BCUT2D eigenvalue weighted by Crippen LogP contribution is -2.36. The predicted octanol–water partition coefficient (Wildman–Crippen LogP) is 3.60. The number of nitrogens with zero attached hydrogens (tertiary/aromatic N) is 1. The van der Waals surface area contributed by atoms with Crippen molar-refractivity contribution in [2.24, 2.45) is 4.99 Å². The van der Waals surface area contributed by atoms with Gasteiger partial charge in [0.05, 0.1) is 24.9 Å². The lowest BCUT2D eigenvalue weighted by Gasteiger charge is -2.16. The van der Waals surface area contributed by atoms with Crippen molar-refractivity contribution >= 4 is 17.6 Å². The summed E-state index contributed by atoms with van der Waals surface area (Å²) >= 11 is 0. The third-order valence-electron chi connectivity index (χ3n) is 4.26. The highest BCUT2D eigenvalue weighted by molar-refractivity contribution is 6.10. The zero-order valence-electron chi connectivity index (χ0n) is 15.8. The van der Waals surface area contributed by atoms with Crippen LogP contribution in [0.2, 0.25) is 0 Å². The number of hydrogen-bond acceptors (Lipinski definition) is 4. The number of rotatable bonds is 6. The lowest BCUT2D eigenvalue weighted by molar-refractivity contribution is 0.0975. The van der Waals surface area contributed by atoms with Gasteiger partial charge in [-0.15, -0.1) is 0 Å². The first-order valence-corrected chi connectivity index (χ1v) is 9.37. The van der Waals surface area contributed by atoms with Gasteiger partial charge in [-0.25, -0.2) is 9.38 Å². The molecule has 0 spiro atoms. The molecule has 0 radical (unpaired) electrons. The molecule has 1 aliphatic rings. The number of benzene rings is 2. The summed E-state index contributed by atoms with van der Waals surface area (Å²) in [5.74, 6) is 0.169. The minimum Gasteiger partial charge on any atom is -0.492 e. The Kier molecular flexibility index (Phi) is 6.97. The molecule has 1 unspecified atom stereocenters. The van der Waals surface area contributed by atoms with E-state index in [0.29, 0.717) is 30.2 Å². The Hall–Kier alpha value is -2.93. The second-order valence-electron chi connectivity index (χ2n) is 6.34. The number of anilines is 1. The average Bonchev–Trinajstić information content (AvgIpc) is 3.22. The third-order valence-corrected chi connectivity index (χ3v) is 4.26. The summed E-state index contributed by atoms with van der Waals surface area (Å²) in [4.78, 5) is 17.1. The first-order chi connectivity index (χ1) is 13.7. The van der Waals surface area contributed by atoms with Gasteiger partial charge < -0.3 is 14.8 Å². The molecule has 7 heteroatoms. The van der Waals surface area contributed by atoms with Crippen molar-refractivity contribution in [2.75, 3.05) is 25.1 Å². The number of amides is 1. The molecule has 0 saturated carbocycles. The molecule has 1 aliphatic heterocycles. The van der Waals surface area contributed by atoms with Crippen LogP contribution in [0.1, 0.15) is 30.1 Å². The predicted molar refractivity (Wildman–Crippen MR) is 106 cm³/mol. The number of guanidine groups is 1. The standard InChI is InChI=1S/C21H24FN3O3/c1-2-27-19-8-4-3-7-18(19)24-21(23-14-17-6-5-13-28-17)25-20(26)15-9-11-16(22)12-10-15/h3-4,7-12,17H,2,5-6,13-14H2,1H3,(H2,23,24,25,26). The van der Waals surface area contributed by atoms with Crippen LogP contribution in [0.4, 0.5) is 10.1 Å². The van der Waals surface area contributed by atoms with Crippen LogP contribution >= 0.6 is 0 Å². The van der Waals surface area contributed by atoms with Crippen molar-refractivity contribution in [3.8, 4) is 5.75 Å². The summed E-state index contributed by atoms with van der Waals surface area (Å²) in [5.41, 5.74) is 1.03. The van der Waals surface area contributed by atoms with Crippen molar-refractivity contribution in [2.45, 2.75) is 25.9 Å². The van der Waals surface area contributed by atoms with Gasteiger partial charge in [-0.1, -0.05) is 12.1 Å². The molecule has 2 aromatic carbocycles. The first-order valence-electron chi connectivity index (χ1n) is 9.37. The molecular weight excluding hydrogens is 361 g/mol. The molecule has 148 valence electrons. The first kappa shape index (κ1) is 19.8.